The van der Waals surface area contributed by atoms with Crippen molar-refractivity contribution in [2.45, 2.75) is 19.8 Å². The molecule has 3 heteroatoms. The molecule has 0 fully saturated rings. The van der Waals surface area contributed by atoms with Crippen LogP contribution in [0.1, 0.15) is 18.9 Å². The normalized spacial score (nSPS) is 10.3. The number of nitrogen functional groups attached to an aromatic ring is 1. The second kappa shape index (κ2) is 5.54. The van der Waals surface area contributed by atoms with E-state index in [4.69, 9.17) is 5.73 Å². The maximum atomic E-state index is 13.7. The Kier molecular flexibility index (Phi) is 3.82. The van der Waals surface area contributed by atoms with Gasteiger partial charge in [-0.2, -0.15) is 0 Å². The number of nitrogens with one attached hydrogen (secondary N) is 1. The summed E-state index contributed by atoms with van der Waals surface area (Å²) in [5.74, 6) is -0.332. The highest BCUT2D eigenvalue weighted by atomic mass is 19.1. The number of hydrogen-bond donors (Lipinski definition) is 2. The maximum Gasteiger partial charge on any atom is 0.148 e. The van der Waals surface area contributed by atoms with Crippen LogP contribution in [0, 0.1) is 5.82 Å². The fourth-order valence-electron chi connectivity index (χ4n) is 1.94. The van der Waals surface area contributed by atoms with E-state index < -0.39 is 0 Å². The zero-order valence-corrected chi connectivity index (χ0v) is 10.4. The SMILES string of the molecule is CCCc1ccccc1Nc1c(N)cccc1F. The van der Waals surface area contributed by atoms with Crippen LogP contribution >= 0.6 is 0 Å². The molecule has 0 aliphatic carbocycles. The molecular formula is C15H17FN2. The van der Waals surface area contributed by atoms with E-state index in [0.717, 1.165) is 18.5 Å². The Morgan fingerprint density at radius 2 is 1.89 bits per heavy atom. The van der Waals surface area contributed by atoms with Gasteiger partial charge in [-0.3, -0.25) is 0 Å². The van der Waals surface area contributed by atoms with E-state index in [1.807, 2.05) is 24.3 Å². The number of rotatable bonds is 4. The van der Waals surface area contributed by atoms with E-state index in [1.165, 1.54) is 11.6 Å². The molecule has 0 saturated heterocycles. The van der Waals surface area contributed by atoms with E-state index in [2.05, 4.69) is 12.2 Å². The molecule has 0 aromatic heterocycles. The first-order valence-corrected chi connectivity index (χ1v) is 6.11. The monoisotopic (exact) mass is 244 g/mol. The van der Waals surface area contributed by atoms with Gasteiger partial charge in [0.05, 0.1) is 11.4 Å². The topological polar surface area (TPSA) is 38.0 Å². The number of aryl methyl sites for hydroxylation is 1. The van der Waals surface area contributed by atoms with Crippen LogP contribution in [-0.2, 0) is 6.42 Å². The van der Waals surface area contributed by atoms with Crippen molar-refractivity contribution in [3.8, 4) is 0 Å². The van der Waals surface area contributed by atoms with Crippen molar-refractivity contribution >= 4 is 17.1 Å². The highest BCUT2D eigenvalue weighted by Crippen LogP contribution is 2.28. The molecule has 94 valence electrons. The first kappa shape index (κ1) is 12.4. The number of benzene rings is 2. The second-order valence-electron chi connectivity index (χ2n) is 4.24. The fourth-order valence-corrected chi connectivity index (χ4v) is 1.94. The van der Waals surface area contributed by atoms with Crippen molar-refractivity contribution in [2.75, 3.05) is 11.1 Å². The van der Waals surface area contributed by atoms with E-state index >= 15 is 0 Å². The summed E-state index contributed by atoms with van der Waals surface area (Å²) in [6.07, 6.45) is 2.00. The van der Waals surface area contributed by atoms with Crippen molar-refractivity contribution in [2.24, 2.45) is 0 Å². The fraction of sp³-hybridized carbons (Fsp3) is 0.200. The summed E-state index contributed by atoms with van der Waals surface area (Å²) in [7, 11) is 0. The Bertz CT molecular complexity index is 518. The van der Waals surface area contributed by atoms with Gasteiger partial charge in [-0.25, -0.2) is 4.39 Å². The molecule has 0 aliphatic heterocycles. The predicted molar refractivity (Wildman–Crippen MR) is 74.5 cm³/mol. The third kappa shape index (κ3) is 2.62. The zero-order valence-electron chi connectivity index (χ0n) is 10.4. The van der Waals surface area contributed by atoms with Gasteiger partial charge in [0.2, 0.25) is 0 Å². The van der Waals surface area contributed by atoms with E-state index in [-0.39, 0.29) is 5.82 Å². The van der Waals surface area contributed by atoms with Gasteiger partial charge < -0.3 is 11.1 Å². The highest BCUT2D eigenvalue weighted by Gasteiger charge is 2.08. The van der Waals surface area contributed by atoms with Crippen molar-refractivity contribution in [1.29, 1.82) is 0 Å². The molecule has 3 N–H and O–H groups in total. The molecule has 0 aliphatic rings. The maximum absolute atomic E-state index is 13.7. The largest absolute Gasteiger partial charge is 0.397 e. The lowest BCUT2D eigenvalue weighted by atomic mass is 10.1. The predicted octanol–water partition coefficient (Wildman–Crippen LogP) is 4.10. The molecule has 0 heterocycles. The highest BCUT2D eigenvalue weighted by molar-refractivity contribution is 5.74. The summed E-state index contributed by atoms with van der Waals surface area (Å²) in [5.41, 5.74) is 8.64. The number of halogens is 1. The van der Waals surface area contributed by atoms with Gasteiger partial charge in [0.25, 0.3) is 0 Å². The van der Waals surface area contributed by atoms with Crippen molar-refractivity contribution in [1.82, 2.24) is 0 Å². The lowest BCUT2D eigenvalue weighted by Crippen LogP contribution is -2.01. The van der Waals surface area contributed by atoms with Crippen LogP contribution in [0.4, 0.5) is 21.5 Å². The molecule has 2 aromatic carbocycles. The van der Waals surface area contributed by atoms with Crippen molar-refractivity contribution in [3.05, 3.63) is 53.8 Å². The van der Waals surface area contributed by atoms with E-state index in [1.54, 1.807) is 12.1 Å². The summed E-state index contributed by atoms with van der Waals surface area (Å²) in [5, 5.41) is 3.09. The van der Waals surface area contributed by atoms with Crippen LogP contribution in [0.15, 0.2) is 42.5 Å². The van der Waals surface area contributed by atoms with Gasteiger partial charge >= 0.3 is 0 Å². The molecule has 2 aromatic rings. The molecule has 0 radical (unpaired) electrons. The number of hydrogen-bond acceptors (Lipinski definition) is 2. The standard InChI is InChI=1S/C15H17FN2/c1-2-6-11-7-3-4-10-14(11)18-15-12(16)8-5-9-13(15)17/h3-5,7-10,18H,2,6,17H2,1H3. The Balaban J connectivity index is 2.34. The third-order valence-electron chi connectivity index (χ3n) is 2.84. The summed E-state index contributed by atoms with van der Waals surface area (Å²) in [6.45, 7) is 2.12. The Hall–Kier alpha value is -2.03. The first-order valence-electron chi connectivity index (χ1n) is 6.11. The Morgan fingerprint density at radius 1 is 1.11 bits per heavy atom. The molecule has 18 heavy (non-hydrogen) atoms. The third-order valence-corrected chi connectivity index (χ3v) is 2.84. The number of para-hydroxylation sites is 2. The van der Waals surface area contributed by atoms with Gasteiger partial charge in [-0.15, -0.1) is 0 Å². The molecule has 0 amide bonds. The summed E-state index contributed by atoms with van der Waals surface area (Å²) >= 11 is 0. The molecule has 0 saturated carbocycles. The average molecular weight is 244 g/mol. The van der Waals surface area contributed by atoms with Gasteiger partial charge in [-0.1, -0.05) is 37.6 Å². The molecule has 0 unspecified atom stereocenters. The molecular weight excluding hydrogens is 227 g/mol. The van der Waals surface area contributed by atoms with Crippen LogP contribution in [0.3, 0.4) is 0 Å². The van der Waals surface area contributed by atoms with Crippen LogP contribution in [-0.4, -0.2) is 0 Å². The van der Waals surface area contributed by atoms with Crippen molar-refractivity contribution < 1.29 is 4.39 Å². The average Bonchev–Trinajstić information content (AvgIpc) is 2.36. The summed E-state index contributed by atoms with van der Waals surface area (Å²) in [4.78, 5) is 0. The first-order chi connectivity index (χ1) is 8.72. The van der Waals surface area contributed by atoms with E-state index in [9.17, 15) is 4.39 Å². The smallest absolute Gasteiger partial charge is 0.148 e. The quantitative estimate of drug-likeness (QED) is 0.794. The van der Waals surface area contributed by atoms with Crippen LogP contribution in [0.2, 0.25) is 0 Å². The minimum atomic E-state index is -0.332. The summed E-state index contributed by atoms with van der Waals surface area (Å²) in [6, 6.07) is 12.6. The second-order valence-corrected chi connectivity index (χ2v) is 4.24. The van der Waals surface area contributed by atoms with Crippen molar-refractivity contribution in [3.63, 3.8) is 0 Å². The van der Waals surface area contributed by atoms with Gasteiger partial charge in [0.1, 0.15) is 5.82 Å². The molecule has 0 atom stereocenters. The Morgan fingerprint density at radius 3 is 2.61 bits per heavy atom. The van der Waals surface area contributed by atoms with Crippen LogP contribution < -0.4 is 11.1 Å². The molecule has 0 spiro atoms. The Labute approximate surface area is 107 Å². The summed E-state index contributed by atoms with van der Waals surface area (Å²) < 4.78 is 13.7. The molecule has 2 rings (SSSR count). The van der Waals surface area contributed by atoms with E-state index in [0.29, 0.717) is 11.4 Å². The minimum Gasteiger partial charge on any atom is -0.397 e. The van der Waals surface area contributed by atoms with Gasteiger partial charge in [0.15, 0.2) is 0 Å². The lowest BCUT2D eigenvalue weighted by Gasteiger charge is -2.13. The number of anilines is 3. The number of nitrogens with two attached hydrogens (primary N) is 1. The van der Waals surface area contributed by atoms with Gasteiger partial charge in [-0.05, 0) is 30.2 Å². The van der Waals surface area contributed by atoms with Crippen LogP contribution in [0.5, 0.6) is 0 Å². The zero-order chi connectivity index (χ0) is 13.0. The molecule has 0 bridgehead atoms. The minimum absolute atomic E-state index is 0.332. The molecule has 2 nitrogen and oxygen atoms in total. The van der Waals surface area contributed by atoms with Gasteiger partial charge in [0, 0.05) is 5.69 Å². The lowest BCUT2D eigenvalue weighted by molar-refractivity contribution is 0.632. The van der Waals surface area contributed by atoms with Crippen LogP contribution in [0.25, 0.3) is 0 Å².